The molecule has 1 saturated carbocycles. The van der Waals surface area contributed by atoms with Crippen molar-refractivity contribution >= 4 is 5.97 Å². The van der Waals surface area contributed by atoms with E-state index in [0.29, 0.717) is 24.9 Å². The molecule has 1 spiro atoms. The van der Waals surface area contributed by atoms with Crippen molar-refractivity contribution in [2.75, 3.05) is 6.61 Å². The van der Waals surface area contributed by atoms with Crippen molar-refractivity contribution in [3.63, 3.8) is 0 Å². The summed E-state index contributed by atoms with van der Waals surface area (Å²) in [4.78, 5) is 11.5. The minimum absolute atomic E-state index is 0.0210. The first-order valence-corrected chi connectivity index (χ1v) is 10.1. The van der Waals surface area contributed by atoms with E-state index in [4.69, 9.17) is 4.74 Å². The van der Waals surface area contributed by atoms with Crippen LogP contribution in [-0.2, 0) is 16.0 Å². The molecule has 25 heavy (non-hydrogen) atoms. The molecule has 4 rings (SSSR count). The lowest BCUT2D eigenvalue weighted by Crippen LogP contribution is -2.21. The van der Waals surface area contributed by atoms with Crippen LogP contribution in [0.25, 0.3) is 0 Å². The van der Waals surface area contributed by atoms with Gasteiger partial charge < -0.3 is 9.84 Å². The van der Waals surface area contributed by atoms with E-state index >= 15 is 0 Å². The van der Waals surface area contributed by atoms with Crippen LogP contribution >= 0.6 is 0 Å². The lowest BCUT2D eigenvalue weighted by atomic mass is 9.77. The molecule has 3 aliphatic rings. The fraction of sp³-hybridized carbons (Fsp3) is 0.682. The number of carbonyl (C=O) groups is 1. The highest BCUT2D eigenvalue weighted by atomic mass is 16.5. The summed E-state index contributed by atoms with van der Waals surface area (Å²) in [5.74, 6) is 0.941. The standard InChI is InChI=1S/C22H30O3/c1-2-3-4-15-5-6-17-11-16(7-8-19(17)21(15)24)18-9-10-22(12-18)13-20(23)25-14-22/h7-8,11,15,18,21,24H,2-6,9-10,12-14H2,1H3/t15?,18-,21?,22-/m0/s1. The number of hydrogen-bond acceptors (Lipinski definition) is 3. The molecule has 1 N–H and O–H groups in total. The van der Waals surface area contributed by atoms with Crippen molar-refractivity contribution in [1.29, 1.82) is 0 Å². The van der Waals surface area contributed by atoms with Crippen LogP contribution in [-0.4, -0.2) is 17.7 Å². The van der Waals surface area contributed by atoms with Crippen LogP contribution in [0.2, 0.25) is 0 Å². The zero-order valence-electron chi connectivity index (χ0n) is 15.3. The van der Waals surface area contributed by atoms with Gasteiger partial charge in [0.1, 0.15) is 0 Å². The number of unbranched alkanes of at least 4 members (excludes halogenated alkanes) is 1. The number of ether oxygens (including phenoxy) is 1. The van der Waals surface area contributed by atoms with Crippen LogP contribution in [0, 0.1) is 11.3 Å². The minimum Gasteiger partial charge on any atom is -0.465 e. The van der Waals surface area contributed by atoms with Crippen LogP contribution in [0.3, 0.4) is 0 Å². The molecule has 1 aromatic rings. The predicted octanol–water partition coefficient (Wildman–Crippen LogP) is 4.67. The monoisotopic (exact) mass is 342 g/mol. The van der Waals surface area contributed by atoms with Crippen LogP contribution in [0.5, 0.6) is 0 Å². The van der Waals surface area contributed by atoms with E-state index in [1.807, 2.05) is 0 Å². The van der Waals surface area contributed by atoms with Gasteiger partial charge in [-0.1, -0.05) is 38.0 Å². The molecular formula is C22H30O3. The Kier molecular flexibility index (Phi) is 4.61. The van der Waals surface area contributed by atoms with Crippen LogP contribution in [0.15, 0.2) is 18.2 Å². The lowest BCUT2D eigenvalue weighted by molar-refractivity contribution is -0.137. The van der Waals surface area contributed by atoms with Crippen molar-refractivity contribution in [2.45, 2.75) is 76.7 Å². The molecule has 3 heteroatoms. The molecule has 0 radical (unpaired) electrons. The molecule has 4 atom stereocenters. The Hall–Kier alpha value is -1.35. The van der Waals surface area contributed by atoms with Crippen molar-refractivity contribution in [1.82, 2.24) is 0 Å². The summed E-state index contributed by atoms with van der Waals surface area (Å²) in [5.41, 5.74) is 4.00. The Morgan fingerprint density at radius 3 is 2.96 bits per heavy atom. The highest BCUT2D eigenvalue weighted by Crippen LogP contribution is 2.51. The first kappa shape index (κ1) is 17.1. The molecule has 1 saturated heterocycles. The van der Waals surface area contributed by atoms with Crippen LogP contribution < -0.4 is 0 Å². The number of carbonyl (C=O) groups excluding carboxylic acids is 1. The van der Waals surface area contributed by atoms with Gasteiger partial charge >= 0.3 is 5.97 Å². The van der Waals surface area contributed by atoms with Gasteiger partial charge in [0.05, 0.1) is 19.1 Å². The Labute approximate surface area is 150 Å². The third-order valence-electron chi connectivity index (χ3n) is 6.88. The molecule has 1 aliphatic heterocycles. The largest absolute Gasteiger partial charge is 0.465 e. The Balaban J connectivity index is 1.48. The minimum atomic E-state index is -0.292. The normalized spacial score (nSPS) is 34.3. The molecule has 1 heterocycles. The maximum Gasteiger partial charge on any atom is 0.306 e. The number of esters is 1. The fourth-order valence-corrected chi connectivity index (χ4v) is 5.33. The Bertz CT molecular complexity index is 653. The number of cyclic esters (lactones) is 1. The molecular weight excluding hydrogens is 312 g/mol. The third kappa shape index (κ3) is 3.23. The zero-order chi connectivity index (χ0) is 17.4. The molecule has 2 fully saturated rings. The second-order valence-electron chi connectivity index (χ2n) is 8.62. The molecule has 2 unspecified atom stereocenters. The Morgan fingerprint density at radius 2 is 2.20 bits per heavy atom. The average molecular weight is 342 g/mol. The molecule has 0 amide bonds. The number of rotatable bonds is 4. The van der Waals surface area contributed by atoms with Gasteiger partial charge in [-0.25, -0.2) is 0 Å². The van der Waals surface area contributed by atoms with Gasteiger partial charge in [0, 0.05) is 5.41 Å². The van der Waals surface area contributed by atoms with Crippen molar-refractivity contribution in [3.05, 3.63) is 34.9 Å². The molecule has 0 bridgehead atoms. The topological polar surface area (TPSA) is 46.5 Å². The van der Waals surface area contributed by atoms with Gasteiger partial charge in [-0.05, 0) is 67.1 Å². The summed E-state index contributed by atoms with van der Waals surface area (Å²) in [6.45, 7) is 2.83. The Morgan fingerprint density at radius 1 is 1.32 bits per heavy atom. The number of aryl methyl sites for hydroxylation is 1. The number of hydrogen-bond donors (Lipinski definition) is 1. The average Bonchev–Trinajstić information content (AvgIpc) is 3.20. The van der Waals surface area contributed by atoms with Gasteiger partial charge in [-0.2, -0.15) is 0 Å². The number of aliphatic hydroxyl groups is 1. The van der Waals surface area contributed by atoms with E-state index in [2.05, 4.69) is 25.1 Å². The van der Waals surface area contributed by atoms with E-state index < -0.39 is 0 Å². The van der Waals surface area contributed by atoms with E-state index in [1.54, 1.807) is 0 Å². The molecule has 3 nitrogen and oxygen atoms in total. The van der Waals surface area contributed by atoms with E-state index in [-0.39, 0.29) is 17.5 Å². The van der Waals surface area contributed by atoms with E-state index in [0.717, 1.165) is 44.1 Å². The number of fused-ring (bicyclic) bond motifs is 1. The molecule has 2 aliphatic carbocycles. The second-order valence-corrected chi connectivity index (χ2v) is 8.62. The van der Waals surface area contributed by atoms with Crippen LogP contribution in [0.4, 0.5) is 0 Å². The number of benzene rings is 1. The summed E-state index contributed by atoms with van der Waals surface area (Å²) >= 11 is 0. The maximum absolute atomic E-state index is 11.5. The lowest BCUT2D eigenvalue weighted by Gasteiger charge is -2.31. The highest BCUT2D eigenvalue weighted by molar-refractivity contribution is 5.72. The highest BCUT2D eigenvalue weighted by Gasteiger charge is 2.46. The summed E-state index contributed by atoms with van der Waals surface area (Å²) in [7, 11) is 0. The first-order chi connectivity index (χ1) is 12.1. The smallest absolute Gasteiger partial charge is 0.306 e. The summed E-state index contributed by atoms with van der Waals surface area (Å²) in [5, 5.41) is 10.7. The summed E-state index contributed by atoms with van der Waals surface area (Å²) < 4.78 is 5.25. The fourth-order valence-electron chi connectivity index (χ4n) is 5.33. The quantitative estimate of drug-likeness (QED) is 0.809. The van der Waals surface area contributed by atoms with Gasteiger partial charge in [-0.3, -0.25) is 4.79 Å². The van der Waals surface area contributed by atoms with Crippen LogP contribution in [0.1, 0.15) is 87.0 Å². The van der Waals surface area contributed by atoms with E-state index in [9.17, 15) is 9.90 Å². The molecule has 0 aromatic heterocycles. The van der Waals surface area contributed by atoms with Crippen molar-refractivity contribution in [3.8, 4) is 0 Å². The van der Waals surface area contributed by atoms with Gasteiger partial charge in [0.2, 0.25) is 0 Å². The second kappa shape index (κ2) is 6.75. The van der Waals surface area contributed by atoms with E-state index in [1.165, 1.54) is 24.0 Å². The maximum atomic E-state index is 11.5. The first-order valence-electron chi connectivity index (χ1n) is 10.1. The number of aliphatic hydroxyl groups excluding tert-OH is 1. The zero-order valence-corrected chi connectivity index (χ0v) is 15.3. The van der Waals surface area contributed by atoms with Crippen molar-refractivity contribution in [2.24, 2.45) is 11.3 Å². The SMILES string of the molecule is CCCCC1CCc2cc([C@H]3CC[C@]4(COC(=O)C4)C3)ccc2C1O. The predicted molar refractivity (Wildman–Crippen MR) is 97.3 cm³/mol. The van der Waals surface area contributed by atoms with Gasteiger partial charge in [0.25, 0.3) is 0 Å². The summed E-state index contributed by atoms with van der Waals surface area (Å²) in [6, 6.07) is 6.75. The third-order valence-corrected chi connectivity index (χ3v) is 6.88. The molecule has 136 valence electrons. The van der Waals surface area contributed by atoms with Gasteiger partial charge in [-0.15, -0.1) is 0 Å². The summed E-state index contributed by atoms with van der Waals surface area (Å²) in [6.07, 6.45) is 9.37. The van der Waals surface area contributed by atoms with Crippen molar-refractivity contribution < 1.29 is 14.6 Å². The molecule has 1 aromatic carbocycles. The van der Waals surface area contributed by atoms with Gasteiger partial charge in [0.15, 0.2) is 0 Å².